The lowest BCUT2D eigenvalue weighted by molar-refractivity contribution is 1.05. The number of H-pyrrole nitrogens is 2. The van der Waals surface area contributed by atoms with E-state index in [1.54, 1.807) is 6.20 Å². The summed E-state index contributed by atoms with van der Waals surface area (Å²) in [6, 6.07) is 5.68. The molecule has 0 saturated heterocycles. The first-order valence-electron chi connectivity index (χ1n) is 4.90. The van der Waals surface area contributed by atoms with E-state index in [-0.39, 0.29) is 0 Å². The van der Waals surface area contributed by atoms with Crippen molar-refractivity contribution in [3.8, 4) is 11.4 Å². The van der Waals surface area contributed by atoms with Gasteiger partial charge in [-0.3, -0.25) is 5.10 Å². The summed E-state index contributed by atoms with van der Waals surface area (Å²) in [5.41, 5.74) is 3.67. The quantitative estimate of drug-likeness (QED) is 0.678. The number of aryl methyl sites for hydroxylation is 1. The molecule has 16 heavy (non-hydrogen) atoms. The Kier molecular flexibility index (Phi) is 1.97. The summed E-state index contributed by atoms with van der Waals surface area (Å²) in [6.07, 6.45) is 1.75. The van der Waals surface area contributed by atoms with E-state index in [0.29, 0.717) is 5.02 Å². The molecule has 2 heterocycles. The second kappa shape index (κ2) is 3.35. The molecule has 1 aromatic carbocycles. The highest BCUT2D eigenvalue weighted by atomic mass is 35.5. The summed E-state index contributed by atoms with van der Waals surface area (Å²) in [5, 5.41) is 7.51. The number of hydrogen-bond donors (Lipinski definition) is 2. The molecule has 0 atom stereocenters. The minimum atomic E-state index is 0.654. The summed E-state index contributed by atoms with van der Waals surface area (Å²) in [4.78, 5) is 7.69. The molecule has 2 N–H and O–H groups in total. The van der Waals surface area contributed by atoms with Gasteiger partial charge in [-0.2, -0.15) is 5.10 Å². The van der Waals surface area contributed by atoms with Gasteiger partial charge in [0.05, 0.1) is 22.3 Å². The van der Waals surface area contributed by atoms with Crippen molar-refractivity contribution in [2.75, 3.05) is 0 Å². The van der Waals surface area contributed by atoms with Crippen molar-refractivity contribution in [2.24, 2.45) is 0 Å². The van der Waals surface area contributed by atoms with Crippen molar-refractivity contribution >= 4 is 22.6 Å². The van der Waals surface area contributed by atoms with Crippen molar-refractivity contribution in [2.45, 2.75) is 6.92 Å². The van der Waals surface area contributed by atoms with Crippen molar-refractivity contribution in [3.63, 3.8) is 0 Å². The zero-order valence-corrected chi connectivity index (χ0v) is 9.34. The molecule has 0 bridgehead atoms. The molecule has 0 radical (unpaired) electrons. The van der Waals surface area contributed by atoms with Crippen LogP contribution in [0.4, 0.5) is 0 Å². The molecule has 3 aromatic rings. The van der Waals surface area contributed by atoms with Crippen molar-refractivity contribution < 1.29 is 0 Å². The summed E-state index contributed by atoms with van der Waals surface area (Å²) in [5.74, 6) is 0.786. The van der Waals surface area contributed by atoms with Crippen LogP contribution in [-0.2, 0) is 0 Å². The minimum absolute atomic E-state index is 0.654. The van der Waals surface area contributed by atoms with Crippen molar-refractivity contribution in [1.29, 1.82) is 0 Å². The SMILES string of the molecule is Cc1[nH]ncc1-c1nc2c(Cl)cccc2[nH]1. The third kappa shape index (κ3) is 1.31. The summed E-state index contributed by atoms with van der Waals surface area (Å²) < 4.78 is 0. The second-order valence-electron chi connectivity index (χ2n) is 3.63. The number of fused-ring (bicyclic) bond motifs is 1. The van der Waals surface area contributed by atoms with E-state index < -0.39 is 0 Å². The third-order valence-corrected chi connectivity index (χ3v) is 2.85. The maximum Gasteiger partial charge on any atom is 0.142 e. The fraction of sp³-hybridized carbons (Fsp3) is 0.0909. The molecular weight excluding hydrogens is 224 g/mol. The van der Waals surface area contributed by atoms with Crippen LogP contribution in [0.2, 0.25) is 5.02 Å². The number of hydrogen-bond acceptors (Lipinski definition) is 2. The van der Waals surface area contributed by atoms with Gasteiger partial charge in [0.2, 0.25) is 0 Å². The van der Waals surface area contributed by atoms with Gasteiger partial charge in [0.1, 0.15) is 11.3 Å². The Labute approximate surface area is 96.7 Å². The number of imidazole rings is 1. The zero-order valence-electron chi connectivity index (χ0n) is 8.58. The molecule has 4 nitrogen and oxygen atoms in total. The van der Waals surface area contributed by atoms with Crippen LogP contribution >= 0.6 is 11.6 Å². The van der Waals surface area contributed by atoms with Gasteiger partial charge in [0, 0.05) is 5.69 Å². The summed E-state index contributed by atoms with van der Waals surface area (Å²) >= 11 is 6.07. The summed E-state index contributed by atoms with van der Waals surface area (Å²) in [6.45, 7) is 1.96. The number of aromatic nitrogens is 4. The lowest BCUT2D eigenvalue weighted by Gasteiger charge is -1.90. The van der Waals surface area contributed by atoms with Crippen molar-refractivity contribution in [3.05, 3.63) is 35.1 Å². The van der Waals surface area contributed by atoms with Crippen LogP contribution in [0.3, 0.4) is 0 Å². The largest absolute Gasteiger partial charge is 0.338 e. The second-order valence-corrected chi connectivity index (χ2v) is 4.04. The van der Waals surface area contributed by atoms with E-state index in [0.717, 1.165) is 28.1 Å². The summed E-state index contributed by atoms with van der Waals surface area (Å²) in [7, 11) is 0. The fourth-order valence-corrected chi connectivity index (χ4v) is 1.93. The Bertz CT molecular complexity index is 653. The molecule has 3 rings (SSSR count). The smallest absolute Gasteiger partial charge is 0.142 e. The molecule has 0 amide bonds. The van der Waals surface area contributed by atoms with Gasteiger partial charge in [-0.1, -0.05) is 17.7 Å². The number of rotatable bonds is 1. The first kappa shape index (κ1) is 9.42. The predicted octanol–water partition coefficient (Wildman–Crippen LogP) is 2.91. The van der Waals surface area contributed by atoms with Crippen LogP contribution in [0.25, 0.3) is 22.4 Å². The third-order valence-electron chi connectivity index (χ3n) is 2.55. The van der Waals surface area contributed by atoms with Crippen LogP contribution in [0.1, 0.15) is 5.69 Å². The molecule has 0 saturated carbocycles. The van der Waals surface area contributed by atoms with E-state index in [2.05, 4.69) is 20.2 Å². The lowest BCUT2D eigenvalue weighted by Crippen LogP contribution is -1.80. The molecule has 2 aromatic heterocycles. The highest BCUT2D eigenvalue weighted by molar-refractivity contribution is 6.34. The molecule has 0 fully saturated rings. The number of halogens is 1. The molecule has 0 aliphatic rings. The van der Waals surface area contributed by atoms with Gasteiger partial charge in [-0.15, -0.1) is 0 Å². The maximum atomic E-state index is 6.07. The van der Waals surface area contributed by atoms with Gasteiger partial charge in [0.25, 0.3) is 0 Å². The van der Waals surface area contributed by atoms with E-state index >= 15 is 0 Å². The normalized spacial score (nSPS) is 11.1. The van der Waals surface area contributed by atoms with E-state index in [1.165, 1.54) is 0 Å². The van der Waals surface area contributed by atoms with Gasteiger partial charge >= 0.3 is 0 Å². The van der Waals surface area contributed by atoms with E-state index in [4.69, 9.17) is 11.6 Å². The monoisotopic (exact) mass is 232 g/mol. The molecule has 0 aliphatic carbocycles. The van der Waals surface area contributed by atoms with Crippen LogP contribution < -0.4 is 0 Å². The molecule has 0 unspecified atom stereocenters. The topological polar surface area (TPSA) is 57.4 Å². The van der Waals surface area contributed by atoms with E-state index in [9.17, 15) is 0 Å². The molecule has 0 spiro atoms. The maximum absolute atomic E-state index is 6.07. The average Bonchev–Trinajstić information content (AvgIpc) is 2.84. The first-order chi connectivity index (χ1) is 7.75. The average molecular weight is 233 g/mol. The number of benzene rings is 1. The number of nitrogens with zero attached hydrogens (tertiary/aromatic N) is 2. The highest BCUT2D eigenvalue weighted by Gasteiger charge is 2.10. The lowest BCUT2D eigenvalue weighted by atomic mass is 10.2. The van der Waals surface area contributed by atoms with E-state index in [1.807, 2.05) is 25.1 Å². The number of aromatic amines is 2. The molecule has 5 heteroatoms. The standard InChI is InChI=1S/C11H9ClN4/c1-6-7(5-13-16-6)11-14-9-4-2-3-8(12)10(9)15-11/h2-5H,1H3,(H,13,16)(H,14,15). The Morgan fingerprint density at radius 1 is 1.31 bits per heavy atom. The van der Waals surface area contributed by atoms with Crippen LogP contribution in [0.15, 0.2) is 24.4 Å². The minimum Gasteiger partial charge on any atom is -0.338 e. The molecular formula is C11H9ClN4. The predicted molar refractivity (Wildman–Crippen MR) is 63.4 cm³/mol. The Morgan fingerprint density at radius 2 is 2.19 bits per heavy atom. The van der Waals surface area contributed by atoms with Crippen LogP contribution in [-0.4, -0.2) is 20.2 Å². The van der Waals surface area contributed by atoms with Crippen LogP contribution in [0, 0.1) is 6.92 Å². The fourth-order valence-electron chi connectivity index (χ4n) is 1.71. The highest BCUT2D eigenvalue weighted by Crippen LogP contribution is 2.26. The Morgan fingerprint density at radius 3 is 2.88 bits per heavy atom. The number of para-hydroxylation sites is 1. The first-order valence-corrected chi connectivity index (χ1v) is 5.28. The zero-order chi connectivity index (χ0) is 11.1. The number of nitrogens with one attached hydrogen (secondary N) is 2. The van der Waals surface area contributed by atoms with Gasteiger partial charge in [-0.25, -0.2) is 4.98 Å². The Balaban J connectivity index is 2.27. The van der Waals surface area contributed by atoms with Crippen LogP contribution in [0.5, 0.6) is 0 Å². The molecule has 80 valence electrons. The van der Waals surface area contributed by atoms with Gasteiger partial charge in [0.15, 0.2) is 0 Å². The Hall–Kier alpha value is -1.81. The van der Waals surface area contributed by atoms with Gasteiger partial charge in [-0.05, 0) is 19.1 Å². The van der Waals surface area contributed by atoms with Gasteiger partial charge < -0.3 is 4.98 Å². The molecule has 0 aliphatic heterocycles. The van der Waals surface area contributed by atoms with Crippen molar-refractivity contribution in [1.82, 2.24) is 20.2 Å².